The lowest BCUT2D eigenvalue weighted by atomic mass is 10.0. The summed E-state index contributed by atoms with van der Waals surface area (Å²) in [7, 11) is 0. The van der Waals surface area contributed by atoms with Gasteiger partial charge in [-0.25, -0.2) is 0 Å². The number of nitrogens with one attached hydrogen (secondary N) is 1. The van der Waals surface area contributed by atoms with Crippen LogP contribution in [-0.4, -0.2) is 42.4 Å². The first kappa shape index (κ1) is 16.7. The highest BCUT2D eigenvalue weighted by atomic mass is 32.1. The Morgan fingerprint density at radius 2 is 1.88 bits per heavy atom. The van der Waals surface area contributed by atoms with Gasteiger partial charge in [0.25, 0.3) is 5.91 Å². The molecule has 0 radical (unpaired) electrons. The lowest BCUT2D eigenvalue weighted by Gasteiger charge is -2.31. The van der Waals surface area contributed by atoms with Gasteiger partial charge in [0.05, 0.1) is 11.4 Å². The fourth-order valence-corrected chi connectivity index (χ4v) is 3.77. The Balaban J connectivity index is 1.55. The average Bonchev–Trinajstić information content (AvgIpc) is 3.07. The number of amides is 2. The fraction of sp³-hybridized carbons (Fsp3) is 0.333. The van der Waals surface area contributed by atoms with Gasteiger partial charge in [-0.2, -0.15) is 0 Å². The molecule has 5 nitrogen and oxygen atoms in total. The van der Waals surface area contributed by atoms with Crippen LogP contribution in [0.4, 0.5) is 0 Å². The lowest BCUT2D eigenvalue weighted by Crippen LogP contribution is -2.46. The number of thiophene rings is 1. The smallest absolute Gasteiger partial charge is 0.261 e. The maximum absolute atomic E-state index is 12.4. The quantitative estimate of drug-likeness (QED) is 0.873. The number of hydrogen-bond acceptors (Lipinski definition) is 4. The molecule has 6 heteroatoms. The van der Waals surface area contributed by atoms with Gasteiger partial charge in [0.15, 0.2) is 0 Å². The summed E-state index contributed by atoms with van der Waals surface area (Å²) >= 11 is 1.47. The van der Waals surface area contributed by atoms with Crippen LogP contribution >= 0.6 is 11.3 Å². The van der Waals surface area contributed by atoms with E-state index in [-0.39, 0.29) is 17.9 Å². The summed E-state index contributed by atoms with van der Waals surface area (Å²) in [6, 6.07) is 12.1. The summed E-state index contributed by atoms with van der Waals surface area (Å²) in [5, 5.41) is 5.12. The van der Waals surface area contributed by atoms with Crippen LogP contribution in [0, 0.1) is 0 Å². The van der Waals surface area contributed by atoms with Crippen LogP contribution in [0.1, 0.15) is 22.5 Å². The molecule has 0 saturated carbocycles. The molecule has 1 aromatic heterocycles. The summed E-state index contributed by atoms with van der Waals surface area (Å²) in [5.74, 6) is -0.319. The van der Waals surface area contributed by atoms with E-state index in [0.717, 1.165) is 41.9 Å². The molecule has 2 heterocycles. The van der Waals surface area contributed by atoms with Crippen LogP contribution in [0.3, 0.4) is 0 Å². The van der Waals surface area contributed by atoms with Crippen LogP contribution in [0.15, 0.2) is 41.8 Å². The number of rotatable bonds is 5. The molecule has 24 heavy (non-hydrogen) atoms. The van der Waals surface area contributed by atoms with Crippen molar-refractivity contribution >= 4 is 23.2 Å². The van der Waals surface area contributed by atoms with Gasteiger partial charge in [0.2, 0.25) is 5.91 Å². The van der Waals surface area contributed by atoms with Gasteiger partial charge in [-0.3, -0.25) is 14.5 Å². The number of piperidine rings is 1. The number of hydrogen-bond donors (Lipinski definition) is 2. The monoisotopic (exact) mass is 343 g/mol. The fourth-order valence-electron chi connectivity index (χ4n) is 2.95. The molecule has 2 aromatic rings. The molecule has 2 amide bonds. The highest BCUT2D eigenvalue weighted by Gasteiger charge is 2.22. The molecule has 0 bridgehead atoms. The second-order valence-corrected chi connectivity index (χ2v) is 6.97. The highest BCUT2D eigenvalue weighted by molar-refractivity contribution is 7.12. The van der Waals surface area contributed by atoms with Crippen LogP contribution in [0.25, 0.3) is 11.1 Å². The van der Waals surface area contributed by atoms with Crippen LogP contribution in [0.5, 0.6) is 0 Å². The number of nitrogens with two attached hydrogens (primary N) is 1. The molecule has 1 saturated heterocycles. The zero-order valence-corrected chi connectivity index (χ0v) is 14.2. The summed E-state index contributed by atoms with van der Waals surface area (Å²) in [4.78, 5) is 26.1. The van der Waals surface area contributed by atoms with Crippen molar-refractivity contribution in [2.75, 3.05) is 19.6 Å². The van der Waals surface area contributed by atoms with Gasteiger partial charge in [-0.05, 0) is 35.4 Å². The molecular weight excluding hydrogens is 322 g/mol. The first-order valence-corrected chi connectivity index (χ1v) is 8.95. The van der Waals surface area contributed by atoms with Crippen molar-refractivity contribution in [3.63, 3.8) is 0 Å². The Kier molecular flexibility index (Phi) is 5.27. The Morgan fingerprint density at radius 1 is 1.17 bits per heavy atom. The van der Waals surface area contributed by atoms with Crippen molar-refractivity contribution in [1.29, 1.82) is 0 Å². The predicted octanol–water partition coefficient (Wildman–Crippen LogP) is 2.09. The van der Waals surface area contributed by atoms with E-state index in [4.69, 9.17) is 5.73 Å². The number of nitrogens with zero attached hydrogens (tertiary/aromatic N) is 1. The largest absolute Gasteiger partial charge is 0.369 e. The Hall–Kier alpha value is -2.18. The second kappa shape index (κ2) is 7.59. The number of benzene rings is 1. The van der Waals surface area contributed by atoms with E-state index < -0.39 is 0 Å². The first-order chi connectivity index (χ1) is 11.6. The van der Waals surface area contributed by atoms with Crippen LogP contribution in [0.2, 0.25) is 0 Å². The van der Waals surface area contributed by atoms with Gasteiger partial charge in [-0.15, -0.1) is 11.3 Å². The standard InChI is InChI=1S/C18H21N3O2S/c19-17(22)11-21-8-6-15(7-9-21)20-18(23)16-10-14(12-24-16)13-4-2-1-3-5-13/h1-5,10,12,15H,6-9,11H2,(H2,19,22)(H,20,23). The number of carbonyl (C=O) groups is 2. The molecule has 1 fully saturated rings. The number of primary amides is 1. The van der Waals surface area contributed by atoms with Gasteiger partial charge in [0, 0.05) is 19.1 Å². The maximum Gasteiger partial charge on any atom is 0.261 e. The van der Waals surface area contributed by atoms with Gasteiger partial charge in [-0.1, -0.05) is 30.3 Å². The normalized spacial score (nSPS) is 16.0. The molecule has 1 aromatic carbocycles. The Bertz CT molecular complexity index is 706. The van der Waals surface area contributed by atoms with E-state index in [1.54, 1.807) is 0 Å². The Morgan fingerprint density at radius 3 is 2.54 bits per heavy atom. The highest BCUT2D eigenvalue weighted by Crippen LogP contribution is 2.25. The SMILES string of the molecule is NC(=O)CN1CCC(NC(=O)c2cc(-c3ccccc3)cs2)CC1. The molecule has 0 spiro atoms. The van der Waals surface area contributed by atoms with Gasteiger partial charge >= 0.3 is 0 Å². The minimum atomic E-state index is -0.301. The summed E-state index contributed by atoms with van der Waals surface area (Å²) in [6.45, 7) is 1.87. The minimum Gasteiger partial charge on any atom is -0.369 e. The molecule has 3 rings (SSSR count). The van der Waals surface area contributed by atoms with Gasteiger partial charge in [0.1, 0.15) is 0 Å². The minimum absolute atomic E-state index is 0.0180. The maximum atomic E-state index is 12.4. The van der Waals surface area contributed by atoms with E-state index in [0.29, 0.717) is 6.54 Å². The van der Waals surface area contributed by atoms with Crippen molar-refractivity contribution in [2.24, 2.45) is 5.73 Å². The second-order valence-electron chi connectivity index (χ2n) is 6.06. The predicted molar refractivity (Wildman–Crippen MR) is 95.9 cm³/mol. The lowest BCUT2D eigenvalue weighted by molar-refractivity contribution is -0.119. The third kappa shape index (κ3) is 4.21. The molecule has 1 aliphatic rings. The number of carbonyl (C=O) groups excluding carboxylic acids is 2. The molecule has 3 N–H and O–H groups in total. The number of likely N-dealkylation sites (tertiary alicyclic amines) is 1. The summed E-state index contributed by atoms with van der Waals surface area (Å²) in [6.07, 6.45) is 1.69. The van der Waals surface area contributed by atoms with Crippen molar-refractivity contribution in [3.8, 4) is 11.1 Å². The molecule has 1 aliphatic heterocycles. The van der Waals surface area contributed by atoms with E-state index in [2.05, 4.69) is 5.32 Å². The first-order valence-electron chi connectivity index (χ1n) is 8.07. The van der Waals surface area contributed by atoms with Crippen molar-refractivity contribution in [3.05, 3.63) is 46.7 Å². The molecule has 0 atom stereocenters. The molecular formula is C18H21N3O2S. The van der Waals surface area contributed by atoms with E-state index in [1.165, 1.54) is 11.3 Å². The Labute approximate surface area is 145 Å². The molecule has 0 unspecified atom stereocenters. The van der Waals surface area contributed by atoms with Crippen LogP contribution < -0.4 is 11.1 Å². The average molecular weight is 343 g/mol. The van der Waals surface area contributed by atoms with Gasteiger partial charge < -0.3 is 11.1 Å². The molecule has 0 aliphatic carbocycles. The van der Waals surface area contributed by atoms with E-state index in [9.17, 15) is 9.59 Å². The van der Waals surface area contributed by atoms with Crippen molar-refractivity contribution < 1.29 is 9.59 Å². The molecule has 126 valence electrons. The van der Waals surface area contributed by atoms with E-state index in [1.807, 2.05) is 46.7 Å². The summed E-state index contributed by atoms with van der Waals surface area (Å²) < 4.78 is 0. The zero-order valence-electron chi connectivity index (χ0n) is 13.4. The van der Waals surface area contributed by atoms with Crippen LogP contribution in [-0.2, 0) is 4.79 Å². The summed E-state index contributed by atoms with van der Waals surface area (Å²) in [5.41, 5.74) is 7.41. The third-order valence-corrected chi connectivity index (χ3v) is 5.16. The topological polar surface area (TPSA) is 75.4 Å². The van der Waals surface area contributed by atoms with Crippen molar-refractivity contribution in [1.82, 2.24) is 10.2 Å². The van der Waals surface area contributed by atoms with Crippen molar-refractivity contribution in [2.45, 2.75) is 18.9 Å². The zero-order chi connectivity index (χ0) is 16.9. The van der Waals surface area contributed by atoms with E-state index >= 15 is 0 Å². The third-order valence-electron chi connectivity index (χ3n) is 4.23.